The van der Waals surface area contributed by atoms with Gasteiger partial charge in [-0.2, -0.15) is 0 Å². The van der Waals surface area contributed by atoms with Crippen molar-refractivity contribution in [1.82, 2.24) is 9.80 Å². The molecule has 3 N–H and O–H groups in total. The molecule has 0 aliphatic carbocycles. The van der Waals surface area contributed by atoms with Crippen molar-refractivity contribution in [3.8, 4) is 11.5 Å². The van der Waals surface area contributed by atoms with E-state index in [1.165, 1.54) is 52.3 Å². The Kier molecular flexibility index (Phi) is 10.0. The standard InChI is InChI=1S/C30H35ClN4O7S/c1-19-16-35(20(2)18-36)29(37)26-15-23(33-43(39,40)25-12-5-21(31)6-13-25)9-14-27(26)42-28(19)17-34(3)30(38)32-22-7-10-24(41-4)11-8-22/h5-15,19-20,28,33,36H,16-18H2,1-4H3,(H,32,38)/t19-,20-,28-/m1/s1. The highest BCUT2D eigenvalue weighted by Gasteiger charge is 2.34. The minimum Gasteiger partial charge on any atom is -0.497 e. The number of benzene rings is 3. The van der Waals surface area contributed by atoms with Gasteiger partial charge < -0.3 is 29.7 Å². The van der Waals surface area contributed by atoms with Gasteiger partial charge in [-0.3, -0.25) is 9.52 Å². The lowest BCUT2D eigenvalue weighted by Gasteiger charge is -2.38. The molecule has 3 amide bonds. The summed E-state index contributed by atoms with van der Waals surface area (Å²) in [6.45, 7) is 3.78. The molecule has 0 saturated carbocycles. The van der Waals surface area contributed by atoms with Crippen molar-refractivity contribution in [2.45, 2.75) is 30.9 Å². The molecule has 0 spiro atoms. The lowest BCUT2D eigenvalue weighted by molar-refractivity contribution is 0.0371. The third-order valence-electron chi connectivity index (χ3n) is 7.18. The molecule has 13 heteroatoms. The van der Waals surface area contributed by atoms with Crippen molar-refractivity contribution >= 4 is 44.9 Å². The van der Waals surface area contributed by atoms with E-state index in [-0.39, 0.29) is 53.5 Å². The van der Waals surface area contributed by atoms with Crippen LogP contribution in [-0.4, -0.2) is 81.3 Å². The minimum atomic E-state index is -3.97. The van der Waals surface area contributed by atoms with Gasteiger partial charge in [0.05, 0.1) is 36.8 Å². The predicted octanol–water partition coefficient (Wildman–Crippen LogP) is 4.53. The van der Waals surface area contributed by atoms with Gasteiger partial charge in [0.25, 0.3) is 15.9 Å². The number of nitrogens with one attached hydrogen (secondary N) is 2. The van der Waals surface area contributed by atoms with Crippen molar-refractivity contribution in [1.29, 1.82) is 0 Å². The molecule has 3 aromatic rings. The van der Waals surface area contributed by atoms with Crippen molar-refractivity contribution in [3.05, 3.63) is 77.3 Å². The number of anilines is 2. The Morgan fingerprint density at radius 1 is 1.14 bits per heavy atom. The van der Waals surface area contributed by atoms with E-state index in [9.17, 15) is 23.1 Å². The number of methoxy groups -OCH3 is 1. The van der Waals surface area contributed by atoms with Crippen LogP contribution in [0.5, 0.6) is 11.5 Å². The number of sulfonamides is 1. The first-order valence-electron chi connectivity index (χ1n) is 13.6. The van der Waals surface area contributed by atoms with Gasteiger partial charge in [-0.25, -0.2) is 13.2 Å². The van der Waals surface area contributed by atoms with Gasteiger partial charge in [-0.1, -0.05) is 18.5 Å². The normalized spacial score (nSPS) is 17.5. The van der Waals surface area contributed by atoms with Crippen molar-refractivity contribution < 1.29 is 32.6 Å². The Bertz CT molecular complexity index is 1550. The third kappa shape index (κ3) is 7.70. The average Bonchev–Trinajstić information content (AvgIpc) is 2.99. The number of amides is 3. The molecule has 3 aromatic carbocycles. The molecule has 0 aromatic heterocycles. The van der Waals surface area contributed by atoms with Crippen LogP contribution in [0.4, 0.5) is 16.2 Å². The van der Waals surface area contributed by atoms with Crippen LogP contribution < -0.4 is 19.5 Å². The number of aliphatic hydroxyl groups excluding tert-OH is 1. The van der Waals surface area contributed by atoms with Crippen molar-refractivity contribution in [2.75, 3.05) is 43.9 Å². The Morgan fingerprint density at radius 3 is 2.42 bits per heavy atom. The number of carbonyl (C=O) groups is 2. The van der Waals surface area contributed by atoms with Gasteiger partial charge in [0.2, 0.25) is 0 Å². The summed E-state index contributed by atoms with van der Waals surface area (Å²) in [7, 11) is -0.769. The van der Waals surface area contributed by atoms with Crippen LogP contribution in [0.2, 0.25) is 5.02 Å². The summed E-state index contributed by atoms with van der Waals surface area (Å²) in [4.78, 5) is 29.7. The van der Waals surface area contributed by atoms with Gasteiger partial charge in [0, 0.05) is 35.9 Å². The number of urea groups is 1. The van der Waals surface area contributed by atoms with E-state index in [1.54, 1.807) is 45.3 Å². The van der Waals surface area contributed by atoms with Gasteiger partial charge in [-0.15, -0.1) is 0 Å². The lowest BCUT2D eigenvalue weighted by Crippen LogP contribution is -2.50. The molecule has 0 unspecified atom stereocenters. The molecule has 3 atom stereocenters. The molecule has 0 saturated heterocycles. The molecule has 43 heavy (non-hydrogen) atoms. The highest BCUT2D eigenvalue weighted by molar-refractivity contribution is 7.92. The summed E-state index contributed by atoms with van der Waals surface area (Å²) in [6, 6.07) is 16.2. The van der Waals surface area contributed by atoms with E-state index < -0.39 is 28.1 Å². The number of aliphatic hydroxyl groups is 1. The van der Waals surface area contributed by atoms with Gasteiger partial charge in [0.1, 0.15) is 17.6 Å². The van der Waals surface area contributed by atoms with Crippen LogP contribution in [-0.2, 0) is 10.0 Å². The second-order valence-corrected chi connectivity index (χ2v) is 12.6. The highest BCUT2D eigenvalue weighted by atomic mass is 35.5. The van der Waals surface area contributed by atoms with Crippen LogP contribution in [0, 0.1) is 5.92 Å². The Morgan fingerprint density at radius 2 is 1.79 bits per heavy atom. The SMILES string of the molecule is COc1ccc(NC(=O)N(C)C[C@H]2Oc3ccc(NS(=O)(=O)c4ccc(Cl)cc4)cc3C(=O)N([C@H](C)CO)C[C@H]2C)cc1. The molecule has 1 aliphatic heterocycles. The molecule has 4 rings (SSSR count). The van der Waals surface area contributed by atoms with E-state index in [2.05, 4.69) is 10.0 Å². The van der Waals surface area contributed by atoms with Crippen LogP contribution in [0.3, 0.4) is 0 Å². The number of hydrogen-bond donors (Lipinski definition) is 3. The number of fused-ring (bicyclic) bond motifs is 1. The minimum absolute atomic E-state index is 0.00610. The topological polar surface area (TPSA) is 138 Å². The molecule has 0 radical (unpaired) electrons. The number of likely N-dealkylation sites (N-methyl/N-ethyl adjacent to an activating group) is 1. The van der Waals surface area contributed by atoms with Crippen molar-refractivity contribution in [3.63, 3.8) is 0 Å². The molecule has 1 aliphatic rings. The molecule has 0 fully saturated rings. The smallest absolute Gasteiger partial charge is 0.321 e. The van der Waals surface area contributed by atoms with Crippen molar-refractivity contribution in [2.24, 2.45) is 5.92 Å². The molecule has 0 bridgehead atoms. The van der Waals surface area contributed by atoms with Crippen LogP contribution in [0.1, 0.15) is 24.2 Å². The Balaban J connectivity index is 1.59. The number of nitrogens with zero attached hydrogens (tertiary/aromatic N) is 2. The zero-order valence-corrected chi connectivity index (χ0v) is 25.9. The summed E-state index contributed by atoms with van der Waals surface area (Å²) >= 11 is 5.90. The lowest BCUT2D eigenvalue weighted by atomic mass is 9.99. The fraction of sp³-hybridized carbons (Fsp3) is 0.333. The Labute approximate surface area is 256 Å². The number of rotatable bonds is 9. The summed E-state index contributed by atoms with van der Waals surface area (Å²) in [5.74, 6) is 0.249. The molecular weight excluding hydrogens is 596 g/mol. The number of carbonyl (C=O) groups excluding carboxylic acids is 2. The zero-order chi connectivity index (χ0) is 31.3. The van der Waals surface area contributed by atoms with E-state index >= 15 is 0 Å². The maximum atomic E-state index is 13.7. The monoisotopic (exact) mass is 630 g/mol. The average molecular weight is 631 g/mol. The van der Waals surface area contributed by atoms with Crippen LogP contribution in [0.15, 0.2) is 71.6 Å². The third-order valence-corrected chi connectivity index (χ3v) is 8.83. The van der Waals surface area contributed by atoms with E-state index in [1.807, 2.05) is 6.92 Å². The highest BCUT2D eigenvalue weighted by Crippen LogP contribution is 2.31. The number of ether oxygens (including phenoxy) is 2. The fourth-order valence-corrected chi connectivity index (χ4v) is 5.75. The summed E-state index contributed by atoms with van der Waals surface area (Å²) in [5, 5.41) is 13.2. The van der Waals surface area contributed by atoms with Gasteiger partial charge in [-0.05, 0) is 73.7 Å². The van der Waals surface area contributed by atoms with Crippen LogP contribution in [0.25, 0.3) is 0 Å². The number of halogens is 1. The zero-order valence-electron chi connectivity index (χ0n) is 24.3. The summed E-state index contributed by atoms with van der Waals surface area (Å²) in [5.41, 5.74) is 0.874. The van der Waals surface area contributed by atoms with E-state index in [0.717, 1.165) is 0 Å². The first kappa shape index (κ1) is 31.9. The molecule has 11 nitrogen and oxygen atoms in total. The van der Waals surface area contributed by atoms with E-state index in [4.69, 9.17) is 21.1 Å². The fourth-order valence-electron chi connectivity index (χ4n) is 4.58. The quantitative estimate of drug-likeness (QED) is 0.316. The Hall–Kier alpha value is -4.00. The second kappa shape index (κ2) is 13.5. The van der Waals surface area contributed by atoms with E-state index in [0.29, 0.717) is 16.5 Å². The summed E-state index contributed by atoms with van der Waals surface area (Å²) < 4.78 is 40.0. The first-order valence-corrected chi connectivity index (χ1v) is 15.4. The molecule has 230 valence electrons. The van der Waals surface area contributed by atoms with Gasteiger partial charge >= 0.3 is 6.03 Å². The van der Waals surface area contributed by atoms with Crippen LogP contribution >= 0.6 is 11.6 Å². The maximum Gasteiger partial charge on any atom is 0.321 e. The van der Waals surface area contributed by atoms with Gasteiger partial charge in [0.15, 0.2) is 0 Å². The second-order valence-electron chi connectivity index (χ2n) is 10.4. The first-order chi connectivity index (χ1) is 20.4. The summed E-state index contributed by atoms with van der Waals surface area (Å²) in [6.07, 6.45) is -0.538. The molecular formula is C30H35ClN4O7S. The predicted molar refractivity (Wildman–Crippen MR) is 165 cm³/mol. The number of hydrogen-bond acceptors (Lipinski definition) is 7. The maximum absolute atomic E-state index is 13.7. The molecule has 1 heterocycles. The largest absolute Gasteiger partial charge is 0.497 e.